The maximum Gasteiger partial charge on any atom is 0.296 e. The van der Waals surface area contributed by atoms with Gasteiger partial charge in [0, 0.05) is 62.1 Å². The molecule has 2 aromatic heterocycles. The molecule has 0 aliphatic heterocycles. The molecule has 0 spiro atoms. The number of rotatable bonds is 13. The van der Waals surface area contributed by atoms with Crippen molar-refractivity contribution in [1.82, 2.24) is 24.5 Å². The van der Waals surface area contributed by atoms with Crippen LogP contribution in [-0.2, 0) is 16.5 Å². The van der Waals surface area contributed by atoms with E-state index in [1.165, 1.54) is 71.3 Å². The number of fused-ring (bicyclic) bond motifs is 2. The molecule has 0 aliphatic rings. The van der Waals surface area contributed by atoms with Crippen LogP contribution in [0.25, 0.3) is 38.8 Å². The summed E-state index contributed by atoms with van der Waals surface area (Å²) < 4.78 is 36.9. The smallest absolute Gasteiger partial charge is 0.296 e. The number of halogens is 3. The topological polar surface area (TPSA) is 283 Å². The van der Waals surface area contributed by atoms with Crippen LogP contribution in [0.4, 0.5) is 46.0 Å². The fourth-order valence-corrected chi connectivity index (χ4v) is 8.52. The van der Waals surface area contributed by atoms with Crippen molar-refractivity contribution in [3.8, 4) is 22.8 Å². The largest absolute Gasteiger partial charge is 0.505 e. The number of anilines is 4. The molecule has 7 aromatic carbocycles. The van der Waals surface area contributed by atoms with Crippen LogP contribution in [0.3, 0.4) is 0 Å². The third-order valence-corrected chi connectivity index (χ3v) is 12.1. The van der Waals surface area contributed by atoms with Crippen molar-refractivity contribution in [2.45, 2.75) is 11.3 Å². The second-order valence-electron chi connectivity index (χ2n) is 15.1. The molecule has 9 rings (SSSR count). The van der Waals surface area contributed by atoms with Crippen LogP contribution in [0.1, 0.15) is 11.1 Å². The molecule has 0 saturated heterocycles. The summed E-state index contributed by atoms with van der Waals surface area (Å²) in [6, 6.07) is 33.0. The summed E-state index contributed by atoms with van der Waals surface area (Å²) in [4.78, 5) is 53.9. The Morgan fingerprint density at radius 1 is 0.671 bits per heavy atom. The van der Waals surface area contributed by atoms with Crippen LogP contribution in [0, 0.1) is 20.2 Å². The first kappa shape index (κ1) is 46.6. The van der Waals surface area contributed by atoms with Crippen LogP contribution in [0.2, 0.25) is 15.3 Å². The summed E-state index contributed by atoms with van der Waals surface area (Å²) in [6.45, 7) is 0. The summed E-state index contributed by atoms with van der Waals surface area (Å²) in [5.74, 6) is -0.440. The molecule has 0 unspecified atom stereocenters. The van der Waals surface area contributed by atoms with Gasteiger partial charge in [0.05, 0.1) is 32.1 Å². The van der Waals surface area contributed by atoms with Crippen molar-refractivity contribution >= 4 is 113 Å². The lowest BCUT2D eigenvalue weighted by molar-refractivity contribution is -0.386. The number of nitro groups is 2. The van der Waals surface area contributed by atoms with Gasteiger partial charge in [0.2, 0.25) is 17.2 Å². The zero-order chi connectivity index (χ0) is 49.4. The molecule has 0 amide bonds. The number of aromatic nitrogens is 5. The van der Waals surface area contributed by atoms with Crippen molar-refractivity contribution in [2.75, 3.05) is 10.6 Å². The van der Waals surface area contributed by atoms with Gasteiger partial charge in [0.1, 0.15) is 16.4 Å². The molecule has 348 valence electrons. The van der Waals surface area contributed by atoms with E-state index in [1.807, 2.05) is 0 Å². The fraction of sp³-hybridized carbons (Fsp3) is 0.0217. The van der Waals surface area contributed by atoms with Crippen molar-refractivity contribution in [1.29, 1.82) is 0 Å². The van der Waals surface area contributed by atoms with Crippen LogP contribution in [0.15, 0.2) is 153 Å². The van der Waals surface area contributed by atoms with Crippen molar-refractivity contribution in [3.05, 3.63) is 190 Å². The number of phenols is 1. The molecule has 0 radical (unpaired) electrons. The lowest BCUT2D eigenvalue weighted by Gasteiger charge is -2.15. The van der Waals surface area contributed by atoms with E-state index >= 15 is 0 Å². The summed E-state index contributed by atoms with van der Waals surface area (Å²) in [7, 11) is -5.08. The van der Waals surface area contributed by atoms with Crippen LogP contribution < -0.4 is 16.2 Å². The minimum atomic E-state index is -5.08. The van der Waals surface area contributed by atoms with Crippen LogP contribution >= 0.6 is 34.8 Å². The van der Waals surface area contributed by atoms with E-state index < -0.39 is 53.2 Å². The zero-order valence-electron chi connectivity index (χ0n) is 35.2. The molecule has 0 bridgehead atoms. The van der Waals surface area contributed by atoms with Crippen LogP contribution in [0.5, 0.6) is 5.75 Å². The maximum absolute atomic E-state index is 14.0. The predicted molar refractivity (Wildman–Crippen MR) is 263 cm³/mol. The van der Waals surface area contributed by atoms with Gasteiger partial charge in [-0.3, -0.25) is 34.1 Å². The number of phenolic OH excluding ortho intramolecular Hbond substituents is 1. The Bertz CT molecular complexity index is 3830. The Morgan fingerprint density at radius 2 is 1.30 bits per heavy atom. The lowest BCUT2D eigenvalue weighted by Crippen LogP contribution is -2.22. The van der Waals surface area contributed by atoms with Gasteiger partial charge in [-0.2, -0.15) is 28.5 Å². The van der Waals surface area contributed by atoms with E-state index in [-0.39, 0.29) is 68.1 Å². The van der Waals surface area contributed by atoms with E-state index in [0.717, 1.165) is 12.1 Å². The van der Waals surface area contributed by atoms with Gasteiger partial charge < -0.3 is 15.7 Å². The van der Waals surface area contributed by atoms with Gasteiger partial charge in [0.15, 0.2) is 5.75 Å². The van der Waals surface area contributed by atoms with E-state index in [9.17, 15) is 43.1 Å². The monoisotopic (exact) mass is 1020 g/mol. The lowest BCUT2D eigenvalue weighted by atomic mass is 10.0. The first-order valence-electron chi connectivity index (χ1n) is 20.2. The molecule has 0 atom stereocenters. The SMILES string of the molecule is O=c1c2ccc(Cl)cc2nc(-c2ccccc2)n1-c1ccc(Cc2ccc(N=Nc3c(S(=O)(=O)O)cc4cc(Nc5nc(Cl)nc(Nc6ccc(Cl)cc6)n5)ccc4c3O)cc2[N+](=O)[O-])c([N+](=O)[O-])c1. The molecule has 0 saturated carbocycles. The van der Waals surface area contributed by atoms with E-state index in [2.05, 4.69) is 35.8 Å². The highest BCUT2D eigenvalue weighted by molar-refractivity contribution is 7.86. The summed E-state index contributed by atoms with van der Waals surface area (Å²) in [6.07, 6.45) is -0.323. The second-order valence-corrected chi connectivity index (χ2v) is 17.7. The van der Waals surface area contributed by atoms with E-state index in [0.29, 0.717) is 32.5 Å². The number of nitrogens with one attached hydrogen (secondary N) is 2. The molecule has 2 heterocycles. The molecule has 9 aromatic rings. The number of aromatic hydroxyl groups is 1. The predicted octanol–water partition coefficient (Wildman–Crippen LogP) is 11.6. The van der Waals surface area contributed by atoms with Crippen molar-refractivity contribution in [3.63, 3.8) is 0 Å². The second kappa shape index (κ2) is 18.9. The van der Waals surface area contributed by atoms with E-state index in [4.69, 9.17) is 39.8 Å². The first-order valence-corrected chi connectivity index (χ1v) is 22.8. The van der Waals surface area contributed by atoms with Gasteiger partial charge in [0.25, 0.3) is 27.1 Å². The molecule has 70 heavy (non-hydrogen) atoms. The normalized spacial score (nSPS) is 11.6. The Balaban J connectivity index is 1.01. The number of azo groups is 1. The van der Waals surface area contributed by atoms with Gasteiger partial charge in [-0.05, 0) is 108 Å². The Kier molecular flexibility index (Phi) is 12.6. The summed E-state index contributed by atoms with van der Waals surface area (Å²) >= 11 is 18.3. The highest BCUT2D eigenvalue weighted by Crippen LogP contribution is 2.43. The Hall–Kier alpha value is -8.47. The number of nitro benzene ring substituents is 2. The van der Waals surface area contributed by atoms with Gasteiger partial charge in [-0.15, -0.1) is 5.11 Å². The number of nitrogens with zero attached hydrogens (tertiary/aromatic N) is 9. The average Bonchev–Trinajstić information content (AvgIpc) is 3.32. The molecule has 24 heteroatoms. The fourth-order valence-electron chi connectivity index (χ4n) is 7.41. The highest BCUT2D eigenvalue weighted by Gasteiger charge is 2.25. The highest BCUT2D eigenvalue weighted by atomic mass is 35.5. The molecular weight excluding hydrogens is 989 g/mol. The molecular formula is C46H28Cl3N11O9S. The third-order valence-electron chi connectivity index (χ3n) is 10.6. The average molecular weight is 1020 g/mol. The summed E-state index contributed by atoms with van der Waals surface area (Å²) in [5.41, 5.74) is -0.404. The first-order chi connectivity index (χ1) is 33.5. The number of benzene rings is 7. The van der Waals surface area contributed by atoms with Crippen molar-refractivity contribution < 1.29 is 27.9 Å². The minimum absolute atomic E-state index is 0.00578. The molecule has 0 aliphatic carbocycles. The van der Waals surface area contributed by atoms with Crippen LogP contribution in [-0.4, -0.2) is 52.4 Å². The molecule has 4 N–H and O–H groups in total. The van der Waals surface area contributed by atoms with Gasteiger partial charge in [-0.1, -0.05) is 53.5 Å². The summed E-state index contributed by atoms with van der Waals surface area (Å²) in [5, 5.41) is 51.2. The zero-order valence-corrected chi connectivity index (χ0v) is 38.3. The van der Waals surface area contributed by atoms with Gasteiger partial charge >= 0.3 is 0 Å². The van der Waals surface area contributed by atoms with E-state index in [1.54, 1.807) is 54.6 Å². The number of hydrogen-bond donors (Lipinski definition) is 4. The Labute approximate surface area is 408 Å². The molecule has 0 fully saturated rings. The van der Waals surface area contributed by atoms with Crippen molar-refractivity contribution in [2.24, 2.45) is 10.2 Å². The maximum atomic E-state index is 14.0. The van der Waals surface area contributed by atoms with Gasteiger partial charge in [-0.25, -0.2) is 4.98 Å². The minimum Gasteiger partial charge on any atom is -0.505 e. The number of hydrogen-bond acceptors (Lipinski definition) is 16. The Morgan fingerprint density at radius 3 is 1.99 bits per heavy atom. The third kappa shape index (κ3) is 9.76. The standard InChI is InChI=1S/C46H28Cl3N11O9S/c47-28-8-12-30(13-9-28)50-45-53-44(49)54-46(55-45)51-31-14-17-34-27(19-31)20-39(70(67,68)69)40(41(34)61)57-56-32-11-6-25(37(22-32)59(63)64)18-26-7-15-33(23-38(26)60(65)66)58-42(24-4-2-1-3-5-24)52-36-21-29(48)10-16-35(36)43(58)62/h1-17,19-23,61H,18H2,(H,67,68,69)(H2,50,51,53,54,55). The quantitative estimate of drug-likeness (QED) is 0.0361. The molecule has 20 nitrogen and oxygen atoms in total.